The molecule has 0 bridgehead atoms. The summed E-state index contributed by atoms with van der Waals surface area (Å²) in [6.07, 6.45) is 14.9. The molecule has 0 saturated heterocycles. The fourth-order valence-electron chi connectivity index (χ4n) is 4.82. The van der Waals surface area contributed by atoms with Crippen LogP contribution in [0.3, 0.4) is 0 Å². The molecule has 3 rings (SSSR count). The van der Waals surface area contributed by atoms with Gasteiger partial charge >= 0.3 is 0 Å². The Kier molecular flexibility index (Phi) is 5.49. The maximum Gasteiger partial charge on any atom is 0.110 e. The highest BCUT2D eigenvalue weighted by Gasteiger charge is 2.47. The molecule has 2 unspecified atom stereocenters. The van der Waals surface area contributed by atoms with Crippen LogP contribution in [0.5, 0.6) is 0 Å². The molecule has 0 aromatic carbocycles. The normalized spacial score (nSPS) is 30.3. The molecule has 0 amide bonds. The summed E-state index contributed by atoms with van der Waals surface area (Å²) < 4.78 is 0. The second-order valence-electron chi connectivity index (χ2n) is 7.48. The van der Waals surface area contributed by atoms with Gasteiger partial charge < -0.3 is 22.1 Å². The number of allylic oxidation sites excluding steroid dienone is 1. The third-order valence-electron chi connectivity index (χ3n) is 6.15. The fourth-order valence-corrected chi connectivity index (χ4v) is 4.82. The third-order valence-corrected chi connectivity index (χ3v) is 6.15. The molecule has 2 atom stereocenters. The summed E-state index contributed by atoms with van der Waals surface area (Å²) in [6.45, 7) is 0.940. The van der Waals surface area contributed by atoms with Crippen molar-refractivity contribution in [3.63, 3.8) is 0 Å². The van der Waals surface area contributed by atoms with Crippen molar-refractivity contribution in [2.45, 2.75) is 64.0 Å². The average Bonchev–Trinajstić information content (AvgIpc) is 3.16. The van der Waals surface area contributed by atoms with E-state index >= 15 is 0 Å². The summed E-state index contributed by atoms with van der Waals surface area (Å²) in [4.78, 5) is 4.67. The van der Waals surface area contributed by atoms with E-state index in [2.05, 4.69) is 21.7 Å². The van der Waals surface area contributed by atoms with Gasteiger partial charge in [0, 0.05) is 25.5 Å². The quantitative estimate of drug-likeness (QED) is 0.276. The zero-order chi connectivity index (χ0) is 17.0. The van der Waals surface area contributed by atoms with Crippen molar-refractivity contribution in [3.05, 3.63) is 23.5 Å². The summed E-state index contributed by atoms with van der Waals surface area (Å²) in [5.41, 5.74) is 15.1. The topological polar surface area (TPSA) is 88.5 Å². The molecule has 1 aliphatic heterocycles. The largest absolute Gasteiger partial charge is 0.400 e. The molecule has 2 aliphatic carbocycles. The highest BCUT2D eigenvalue weighted by atomic mass is 15.1. The molecule has 3 aliphatic rings. The van der Waals surface area contributed by atoms with Crippen LogP contribution in [0.25, 0.3) is 0 Å². The van der Waals surface area contributed by atoms with Crippen LogP contribution in [0.15, 0.2) is 28.5 Å². The second-order valence-corrected chi connectivity index (χ2v) is 7.48. The number of hydrogen-bond acceptors (Lipinski definition) is 4. The van der Waals surface area contributed by atoms with E-state index in [0.29, 0.717) is 5.92 Å². The Morgan fingerprint density at radius 1 is 1.33 bits per heavy atom. The van der Waals surface area contributed by atoms with Gasteiger partial charge in [-0.05, 0) is 50.0 Å². The van der Waals surface area contributed by atoms with E-state index in [1.165, 1.54) is 44.1 Å². The van der Waals surface area contributed by atoms with Crippen molar-refractivity contribution >= 4 is 5.84 Å². The molecule has 5 heteroatoms. The number of nitrogens with zero attached hydrogens (tertiary/aromatic N) is 1. The first-order chi connectivity index (χ1) is 11.7. The highest BCUT2D eigenvalue weighted by molar-refractivity contribution is 5.91. The van der Waals surface area contributed by atoms with Gasteiger partial charge in [-0.3, -0.25) is 4.99 Å². The lowest BCUT2D eigenvalue weighted by Gasteiger charge is -2.46. The average molecular weight is 332 g/mol. The molecule has 0 aromatic heterocycles. The van der Waals surface area contributed by atoms with E-state index < -0.39 is 0 Å². The lowest BCUT2D eigenvalue weighted by Crippen LogP contribution is -2.57. The minimum atomic E-state index is -0.183. The maximum absolute atomic E-state index is 6.57. The standard InChI is InChI=1S/C19H33N5/c1-22-18(24-17(21)14-7-5-6-8-14)19(11-12-23-13-16(19)20)15-9-3-2-4-10-15/h7,13,15,17,23H,2-6,8-12,20-21H2,1H3,(H,22,24). The molecule has 0 spiro atoms. The van der Waals surface area contributed by atoms with E-state index in [9.17, 15) is 0 Å². The van der Waals surface area contributed by atoms with Gasteiger partial charge in [-0.25, -0.2) is 0 Å². The van der Waals surface area contributed by atoms with E-state index in [0.717, 1.165) is 37.3 Å². The number of aliphatic imine (C=N–C) groups is 1. The minimum Gasteiger partial charge on any atom is -0.400 e. The molecular formula is C19H33N5. The summed E-state index contributed by atoms with van der Waals surface area (Å²) in [6, 6.07) is 0. The maximum atomic E-state index is 6.57. The molecule has 0 aromatic rings. The van der Waals surface area contributed by atoms with E-state index in [1.807, 2.05) is 13.2 Å². The second kappa shape index (κ2) is 7.60. The lowest BCUT2D eigenvalue weighted by molar-refractivity contribution is 0.200. The van der Waals surface area contributed by atoms with E-state index in [1.54, 1.807) is 0 Å². The van der Waals surface area contributed by atoms with E-state index in [4.69, 9.17) is 11.5 Å². The first kappa shape index (κ1) is 17.3. The highest BCUT2D eigenvalue weighted by Crippen LogP contribution is 2.46. The van der Waals surface area contributed by atoms with Crippen LogP contribution in [0.2, 0.25) is 0 Å². The molecule has 1 heterocycles. The number of hydrogen-bond donors (Lipinski definition) is 4. The summed E-state index contributed by atoms with van der Waals surface area (Å²) in [7, 11) is 1.87. The van der Waals surface area contributed by atoms with Crippen LogP contribution in [0.4, 0.5) is 0 Å². The summed E-state index contributed by atoms with van der Waals surface area (Å²) in [5.74, 6) is 1.55. The Morgan fingerprint density at radius 3 is 2.75 bits per heavy atom. The molecular weight excluding hydrogens is 298 g/mol. The van der Waals surface area contributed by atoms with Gasteiger partial charge in [-0.1, -0.05) is 25.3 Å². The first-order valence-electron chi connectivity index (χ1n) is 9.56. The van der Waals surface area contributed by atoms with Crippen molar-refractivity contribution in [2.75, 3.05) is 13.6 Å². The smallest absolute Gasteiger partial charge is 0.110 e. The number of amidine groups is 1. The first-order valence-corrected chi connectivity index (χ1v) is 9.56. The molecule has 24 heavy (non-hydrogen) atoms. The van der Waals surface area contributed by atoms with Crippen LogP contribution in [-0.4, -0.2) is 25.6 Å². The van der Waals surface area contributed by atoms with Gasteiger partial charge in [-0.15, -0.1) is 0 Å². The number of nitrogens with one attached hydrogen (secondary N) is 2. The molecule has 0 radical (unpaired) electrons. The van der Waals surface area contributed by atoms with Crippen molar-refractivity contribution < 1.29 is 0 Å². The molecule has 5 nitrogen and oxygen atoms in total. The molecule has 1 saturated carbocycles. The van der Waals surface area contributed by atoms with Gasteiger partial charge in [0.05, 0.1) is 11.6 Å². The van der Waals surface area contributed by atoms with Crippen LogP contribution in [-0.2, 0) is 0 Å². The zero-order valence-corrected chi connectivity index (χ0v) is 15.0. The third kappa shape index (κ3) is 3.18. The Balaban J connectivity index is 1.88. The Hall–Kier alpha value is -1.49. The fraction of sp³-hybridized carbons (Fsp3) is 0.737. The van der Waals surface area contributed by atoms with Crippen molar-refractivity contribution in [1.82, 2.24) is 10.6 Å². The lowest BCUT2D eigenvalue weighted by atomic mass is 9.63. The Labute approximate surface area is 146 Å². The van der Waals surface area contributed by atoms with Crippen LogP contribution in [0, 0.1) is 11.3 Å². The molecule has 134 valence electrons. The van der Waals surface area contributed by atoms with Crippen LogP contribution < -0.4 is 22.1 Å². The van der Waals surface area contributed by atoms with Gasteiger partial charge in [0.15, 0.2) is 0 Å². The van der Waals surface area contributed by atoms with Crippen LogP contribution >= 0.6 is 0 Å². The zero-order valence-electron chi connectivity index (χ0n) is 15.0. The van der Waals surface area contributed by atoms with E-state index in [-0.39, 0.29) is 11.6 Å². The Morgan fingerprint density at radius 2 is 2.12 bits per heavy atom. The van der Waals surface area contributed by atoms with Gasteiger partial charge in [0.25, 0.3) is 0 Å². The van der Waals surface area contributed by atoms with Gasteiger partial charge in [0.2, 0.25) is 0 Å². The number of nitrogens with two attached hydrogens (primary N) is 2. The molecule has 6 N–H and O–H groups in total. The monoisotopic (exact) mass is 331 g/mol. The molecule has 1 fully saturated rings. The van der Waals surface area contributed by atoms with Crippen molar-refractivity contribution in [3.8, 4) is 0 Å². The number of rotatable bonds is 4. The predicted molar refractivity (Wildman–Crippen MR) is 100 cm³/mol. The van der Waals surface area contributed by atoms with Crippen LogP contribution in [0.1, 0.15) is 57.8 Å². The summed E-state index contributed by atoms with van der Waals surface area (Å²) in [5, 5.41) is 6.86. The minimum absolute atomic E-state index is 0.144. The van der Waals surface area contributed by atoms with Crippen molar-refractivity contribution in [1.29, 1.82) is 0 Å². The predicted octanol–water partition coefficient (Wildman–Crippen LogP) is 2.36. The SMILES string of the molecule is C/N=C(/NC(N)C1=CCCC1)C1(C2CCCCC2)CCNC=C1N. The summed E-state index contributed by atoms with van der Waals surface area (Å²) >= 11 is 0. The Bertz CT molecular complexity index is 530. The van der Waals surface area contributed by atoms with Gasteiger partial charge in [-0.2, -0.15) is 0 Å². The van der Waals surface area contributed by atoms with Crippen molar-refractivity contribution in [2.24, 2.45) is 27.8 Å². The van der Waals surface area contributed by atoms with Gasteiger partial charge in [0.1, 0.15) is 5.84 Å².